The Morgan fingerprint density at radius 1 is 1.23 bits per heavy atom. The molecular weight excluding hydrogens is 372 g/mol. The van der Waals surface area contributed by atoms with Crippen molar-refractivity contribution in [2.75, 3.05) is 6.54 Å². The van der Waals surface area contributed by atoms with Gasteiger partial charge in [-0.1, -0.05) is 36.9 Å². The smallest absolute Gasteiger partial charge is 0.221 e. The number of hydrogen-bond acceptors (Lipinski definition) is 4. The molecule has 2 aliphatic carbocycles. The Labute approximate surface area is 160 Å². The number of amides is 1. The molecular formula is C19H27ClN2O3S. The van der Waals surface area contributed by atoms with Crippen LogP contribution in [0.4, 0.5) is 0 Å². The number of carbonyl (C=O) groups excluding carboxylic acids is 1. The van der Waals surface area contributed by atoms with Crippen molar-refractivity contribution < 1.29 is 13.2 Å². The van der Waals surface area contributed by atoms with Gasteiger partial charge < -0.3 is 11.1 Å². The predicted molar refractivity (Wildman–Crippen MR) is 103 cm³/mol. The lowest BCUT2D eigenvalue weighted by Crippen LogP contribution is -2.47. The summed E-state index contributed by atoms with van der Waals surface area (Å²) in [5.41, 5.74) is 5.96. The van der Waals surface area contributed by atoms with Crippen LogP contribution < -0.4 is 11.1 Å². The molecule has 0 heterocycles. The van der Waals surface area contributed by atoms with Crippen LogP contribution in [0.5, 0.6) is 0 Å². The number of nitrogens with one attached hydrogen (secondary N) is 1. The van der Waals surface area contributed by atoms with Gasteiger partial charge in [0.2, 0.25) is 5.91 Å². The quantitative estimate of drug-likeness (QED) is 0.770. The number of carbonyl (C=O) groups is 1. The summed E-state index contributed by atoms with van der Waals surface area (Å²) in [6.07, 6.45) is 6.71. The Kier molecular flexibility index (Phi) is 5.94. The average Bonchev–Trinajstić information content (AvgIpc) is 2.53. The van der Waals surface area contributed by atoms with E-state index in [1.54, 1.807) is 18.2 Å². The molecule has 0 saturated heterocycles. The van der Waals surface area contributed by atoms with E-state index in [9.17, 15) is 13.2 Å². The van der Waals surface area contributed by atoms with E-state index in [1.165, 1.54) is 12.5 Å². The second-order valence-corrected chi connectivity index (χ2v) is 10.5. The van der Waals surface area contributed by atoms with Crippen molar-refractivity contribution in [2.45, 2.75) is 67.1 Å². The minimum absolute atomic E-state index is 0.0180. The molecule has 2 saturated carbocycles. The molecule has 5 nitrogen and oxygen atoms in total. The van der Waals surface area contributed by atoms with Crippen LogP contribution in [-0.2, 0) is 14.6 Å². The van der Waals surface area contributed by atoms with E-state index in [1.807, 2.05) is 0 Å². The summed E-state index contributed by atoms with van der Waals surface area (Å²) in [6.45, 7) is 0.524. The fourth-order valence-electron chi connectivity index (χ4n) is 4.00. The van der Waals surface area contributed by atoms with Crippen molar-refractivity contribution in [2.24, 2.45) is 11.7 Å². The zero-order valence-electron chi connectivity index (χ0n) is 14.9. The third-order valence-corrected chi connectivity index (χ3v) is 8.11. The molecule has 3 N–H and O–H groups in total. The molecule has 0 spiro atoms. The normalized spacial score (nSPS) is 25.3. The van der Waals surface area contributed by atoms with Gasteiger partial charge in [0, 0.05) is 23.5 Å². The summed E-state index contributed by atoms with van der Waals surface area (Å²) in [7, 11) is -3.35. The molecule has 0 atom stereocenters. The van der Waals surface area contributed by atoms with Gasteiger partial charge in [-0.15, -0.1) is 0 Å². The summed E-state index contributed by atoms with van der Waals surface area (Å²) < 4.78 is 25.2. The number of rotatable bonds is 6. The van der Waals surface area contributed by atoms with Crippen molar-refractivity contribution in [3.8, 4) is 0 Å². The van der Waals surface area contributed by atoms with E-state index in [0.717, 1.165) is 25.7 Å². The molecule has 1 aromatic carbocycles. The van der Waals surface area contributed by atoms with E-state index < -0.39 is 9.84 Å². The number of benzene rings is 1. The Hall–Kier alpha value is -1.11. The van der Waals surface area contributed by atoms with E-state index in [-0.39, 0.29) is 27.5 Å². The molecule has 2 fully saturated rings. The summed E-state index contributed by atoms with van der Waals surface area (Å²) in [5, 5.41) is 2.98. The number of nitrogens with two attached hydrogens (primary N) is 1. The molecule has 0 radical (unpaired) electrons. The van der Waals surface area contributed by atoms with Crippen LogP contribution in [0.25, 0.3) is 0 Å². The monoisotopic (exact) mass is 398 g/mol. The second-order valence-electron chi connectivity index (χ2n) is 7.87. The first-order valence-electron chi connectivity index (χ1n) is 9.34. The first kappa shape index (κ1) is 19.6. The molecule has 7 heteroatoms. The zero-order chi connectivity index (χ0) is 18.8. The maximum absolute atomic E-state index is 12.6. The van der Waals surface area contributed by atoms with Gasteiger partial charge in [0.05, 0.1) is 10.1 Å². The van der Waals surface area contributed by atoms with Gasteiger partial charge in [-0.25, -0.2) is 8.42 Å². The average molecular weight is 399 g/mol. The van der Waals surface area contributed by atoms with Crippen LogP contribution in [0.1, 0.15) is 51.4 Å². The van der Waals surface area contributed by atoms with Crippen molar-refractivity contribution in [1.29, 1.82) is 0 Å². The molecule has 1 aromatic rings. The minimum Gasteiger partial charge on any atom is -0.356 e. The first-order valence-corrected chi connectivity index (χ1v) is 11.3. The molecule has 144 valence electrons. The SMILES string of the molecule is NC1(CC(=O)NCC2CC(S(=O)(=O)c3cccc(Cl)c3)C2)CCCCC1. The molecule has 1 amide bonds. The summed E-state index contributed by atoms with van der Waals surface area (Å²) >= 11 is 5.90. The topological polar surface area (TPSA) is 89.3 Å². The van der Waals surface area contributed by atoms with Crippen molar-refractivity contribution in [1.82, 2.24) is 5.32 Å². The highest BCUT2D eigenvalue weighted by molar-refractivity contribution is 7.92. The summed E-state index contributed by atoms with van der Waals surface area (Å²) in [6, 6.07) is 6.40. The lowest BCUT2D eigenvalue weighted by molar-refractivity contribution is -0.122. The first-order chi connectivity index (χ1) is 12.3. The molecule has 3 rings (SSSR count). The largest absolute Gasteiger partial charge is 0.356 e. The Morgan fingerprint density at radius 2 is 1.92 bits per heavy atom. The van der Waals surface area contributed by atoms with E-state index in [2.05, 4.69) is 5.32 Å². The Morgan fingerprint density at radius 3 is 2.58 bits per heavy atom. The van der Waals surface area contributed by atoms with Crippen molar-refractivity contribution in [3.05, 3.63) is 29.3 Å². The highest BCUT2D eigenvalue weighted by atomic mass is 35.5. The van der Waals surface area contributed by atoms with Crippen LogP contribution in [0.15, 0.2) is 29.2 Å². The molecule has 0 aromatic heterocycles. The van der Waals surface area contributed by atoms with Crippen molar-refractivity contribution >= 4 is 27.3 Å². The maximum Gasteiger partial charge on any atom is 0.221 e. The lowest BCUT2D eigenvalue weighted by Gasteiger charge is -2.36. The van der Waals surface area contributed by atoms with Gasteiger partial charge in [0.15, 0.2) is 9.84 Å². The predicted octanol–water partition coefficient (Wildman–Crippen LogP) is 3.06. The third kappa shape index (κ3) is 4.59. The van der Waals surface area contributed by atoms with Gasteiger partial charge in [0.25, 0.3) is 0 Å². The highest BCUT2D eigenvalue weighted by Gasteiger charge is 2.39. The standard InChI is InChI=1S/C19H27ClN2O3S/c20-15-5-4-6-16(11-15)26(24,25)17-9-14(10-17)13-22-18(23)12-19(21)7-2-1-3-8-19/h4-6,11,14,17H,1-3,7-10,12-13,21H2,(H,22,23). The van der Waals surface area contributed by atoms with Gasteiger partial charge in [-0.2, -0.15) is 0 Å². The second kappa shape index (κ2) is 7.87. The van der Waals surface area contributed by atoms with Gasteiger partial charge >= 0.3 is 0 Å². The van der Waals surface area contributed by atoms with Crippen LogP contribution in [0, 0.1) is 5.92 Å². The van der Waals surface area contributed by atoms with Crippen LogP contribution in [0.3, 0.4) is 0 Å². The molecule has 26 heavy (non-hydrogen) atoms. The highest BCUT2D eigenvalue weighted by Crippen LogP contribution is 2.36. The Balaban J connectivity index is 1.44. The van der Waals surface area contributed by atoms with E-state index >= 15 is 0 Å². The number of sulfone groups is 1. The van der Waals surface area contributed by atoms with Gasteiger partial charge in [0.1, 0.15) is 0 Å². The zero-order valence-corrected chi connectivity index (χ0v) is 16.5. The minimum atomic E-state index is -3.35. The summed E-state index contributed by atoms with van der Waals surface area (Å²) in [4.78, 5) is 12.5. The van der Waals surface area contributed by atoms with Crippen molar-refractivity contribution in [3.63, 3.8) is 0 Å². The van der Waals surface area contributed by atoms with Crippen LogP contribution >= 0.6 is 11.6 Å². The summed E-state index contributed by atoms with van der Waals surface area (Å²) in [5.74, 6) is 0.188. The fraction of sp³-hybridized carbons (Fsp3) is 0.632. The van der Waals surface area contributed by atoms with Crippen LogP contribution in [0.2, 0.25) is 5.02 Å². The third-order valence-electron chi connectivity index (χ3n) is 5.71. The number of hydrogen-bond donors (Lipinski definition) is 2. The van der Waals surface area contributed by atoms with E-state index in [0.29, 0.717) is 30.8 Å². The number of halogens is 1. The fourth-order valence-corrected chi connectivity index (χ4v) is 6.25. The lowest BCUT2D eigenvalue weighted by atomic mass is 9.80. The molecule has 0 aliphatic heterocycles. The van der Waals surface area contributed by atoms with Crippen LogP contribution in [-0.4, -0.2) is 31.7 Å². The maximum atomic E-state index is 12.6. The van der Waals surface area contributed by atoms with Gasteiger partial charge in [-0.3, -0.25) is 4.79 Å². The molecule has 0 unspecified atom stereocenters. The van der Waals surface area contributed by atoms with E-state index in [4.69, 9.17) is 17.3 Å². The Bertz CT molecular complexity index is 754. The van der Waals surface area contributed by atoms with Gasteiger partial charge in [-0.05, 0) is 49.8 Å². The molecule has 2 aliphatic rings. The molecule has 0 bridgehead atoms.